The minimum Gasteiger partial charge on any atom is -0.466 e. The molecular weight excluding hydrogens is 368 g/mol. The molecule has 0 saturated heterocycles. The van der Waals surface area contributed by atoms with Crippen LogP contribution in [0.1, 0.15) is 25.8 Å². The van der Waals surface area contributed by atoms with Gasteiger partial charge in [-0.3, -0.25) is 19.2 Å². The fourth-order valence-electron chi connectivity index (χ4n) is 2.41. The van der Waals surface area contributed by atoms with Crippen molar-refractivity contribution in [2.45, 2.75) is 32.9 Å². The van der Waals surface area contributed by atoms with Crippen molar-refractivity contribution in [1.29, 1.82) is 0 Å². The zero-order valence-corrected chi connectivity index (χ0v) is 16.0. The molecule has 28 heavy (non-hydrogen) atoms. The molecule has 1 aromatic rings. The third-order valence-electron chi connectivity index (χ3n) is 3.65. The molecule has 0 saturated carbocycles. The van der Waals surface area contributed by atoms with Crippen molar-refractivity contribution in [2.75, 3.05) is 19.8 Å². The molecule has 0 aliphatic rings. The fraction of sp³-hybridized carbons (Fsp3) is 0.474. The van der Waals surface area contributed by atoms with Crippen molar-refractivity contribution < 1.29 is 33.4 Å². The van der Waals surface area contributed by atoms with E-state index in [1.807, 2.05) is 30.3 Å². The Morgan fingerprint density at radius 2 is 1.68 bits per heavy atom. The Bertz CT molecular complexity index is 664. The molecule has 2 amide bonds. The summed E-state index contributed by atoms with van der Waals surface area (Å²) in [7, 11) is 0. The number of benzene rings is 1. The second-order valence-electron chi connectivity index (χ2n) is 5.79. The standard InChI is InChI=1S/C19H26N2O7/c1-3-27-16(23)10-14(19(25)28-4-2)17(18(20)24)21-15(22)12-26-11-13-8-6-5-7-9-13/h5-9,14,17H,3-4,10-12H2,1-2H3,(H2,20,24)(H,21,22)/t14-,17+/m0/s1. The Hall–Kier alpha value is -2.94. The Morgan fingerprint density at radius 1 is 1.04 bits per heavy atom. The van der Waals surface area contributed by atoms with E-state index in [1.54, 1.807) is 13.8 Å². The second kappa shape index (κ2) is 12.4. The molecular formula is C19H26N2O7. The van der Waals surface area contributed by atoms with E-state index in [4.69, 9.17) is 19.9 Å². The van der Waals surface area contributed by atoms with E-state index in [1.165, 1.54) is 0 Å². The summed E-state index contributed by atoms with van der Waals surface area (Å²) in [4.78, 5) is 47.9. The van der Waals surface area contributed by atoms with Crippen LogP contribution in [0, 0.1) is 5.92 Å². The zero-order chi connectivity index (χ0) is 20.9. The summed E-state index contributed by atoms with van der Waals surface area (Å²) in [5.41, 5.74) is 6.20. The van der Waals surface area contributed by atoms with Gasteiger partial charge >= 0.3 is 11.9 Å². The van der Waals surface area contributed by atoms with E-state index in [0.29, 0.717) is 0 Å². The minimum absolute atomic E-state index is 0.0395. The van der Waals surface area contributed by atoms with Crippen LogP contribution in [0.25, 0.3) is 0 Å². The molecule has 0 radical (unpaired) electrons. The highest BCUT2D eigenvalue weighted by Crippen LogP contribution is 2.14. The Labute approximate surface area is 163 Å². The third kappa shape index (κ3) is 8.17. The van der Waals surface area contributed by atoms with Crippen molar-refractivity contribution in [3.05, 3.63) is 35.9 Å². The first-order valence-electron chi connectivity index (χ1n) is 8.91. The van der Waals surface area contributed by atoms with E-state index in [-0.39, 0.29) is 26.4 Å². The molecule has 0 aromatic heterocycles. The summed E-state index contributed by atoms with van der Waals surface area (Å²) >= 11 is 0. The van der Waals surface area contributed by atoms with Gasteiger partial charge in [-0.1, -0.05) is 30.3 Å². The smallest absolute Gasteiger partial charge is 0.312 e. The van der Waals surface area contributed by atoms with Crippen LogP contribution in [-0.2, 0) is 40.0 Å². The molecule has 0 heterocycles. The highest BCUT2D eigenvalue weighted by molar-refractivity contribution is 5.93. The maximum Gasteiger partial charge on any atom is 0.312 e. The number of nitrogens with two attached hydrogens (primary N) is 1. The molecule has 1 aromatic carbocycles. The molecule has 1 rings (SSSR count). The Kier molecular flexibility index (Phi) is 10.3. The van der Waals surface area contributed by atoms with Gasteiger partial charge in [0.05, 0.1) is 32.2 Å². The van der Waals surface area contributed by atoms with Crippen molar-refractivity contribution in [3.8, 4) is 0 Å². The predicted molar refractivity (Wildman–Crippen MR) is 98.6 cm³/mol. The number of amides is 2. The van der Waals surface area contributed by atoms with E-state index in [0.717, 1.165) is 5.56 Å². The molecule has 3 N–H and O–H groups in total. The Morgan fingerprint density at radius 3 is 2.25 bits per heavy atom. The first kappa shape index (κ1) is 23.1. The summed E-state index contributed by atoms with van der Waals surface area (Å²) in [5, 5.41) is 2.34. The lowest BCUT2D eigenvalue weighted by atomic mass is 9.95. The molecule has 0 bridgehead atoms. The monoisotopic (exact) mass is 394 g/mol. The SMILES string of the molecule is CCOC(=O)C[C@H](C(=O)OCC)[C@@H](NC(=O)COCc1ccccc1)C(N)=O. The average molecular weight is 394 g/mol. The van der Waals surface area contributed by atoms with E-state index >= 15 is 0 Å². The minimum atomic E-state index is -1.43. The number of hydrogen-bond donors (Lipinski definition) is 2. The van der Waals surface area contributed by atoms with E-state index in [9.17, 15) is 19.2 Å². The lowest BCUT2D eigenvalue weighted by Crippen LogP contribution is -2.53. The summed E-state index contributed by atoms with van der Waals surface area (Å²) in [6.07, 6.45) is -0.453. The van der Waals surface area contributed by atoms with E-state index < -0.39 is 42.1 Å². The van der Waals surface area contributed by atoms with Gasteiger partial charge in [-0.15, -0.1) is 0 Å². The van der Waals surface area contributed by atoms with Crippen LogP contribution in [-0.4, -0.2) is 49.6 Å². The number of hydrogen-bond acceptors (Lipinski definition) is 7. The topological polar surface area (TPSA) is 134 Å². The molecule has 0 aliphatic heterocycles. The van der Waals surface area contributed by atoms with Gasteiger partial charge in [0.25, 0.3) is 0 Å². The molecule has 0 spiro atoms. The number of esters is 2. The van der Waals surface area contributed by atoms with Crippen LogP contribution in [0.2, 0.25) is 0 Å². The second-order valence-corrected chi connectivity index (χ2v) is 5.79. The van der Waals surface area contributed by atoms with Gasteiger partial charge in [0.15, 0.2) is 0 Å². The Balaban J connectivity index is 2.73. The van der Waals surface area contributed by atoms with Gasteiger partial charge in [-0.05, 0) is 19.4 Å². The summed E-state index contributed by atoms with van der Waals surface area (Å²) in [6.45, 7) is 3.17. The van der Waals surface area contributed by atoms with Crippen LogP contribution in [0.3, 0.4) is 0 Å². The van der Waals surface area contributed by atoms with Crippen LogP contribution >= 0.6 is 0 Å². The largest absolute Gasteiger partial charge is 0.466 e. The lowest BCUT2D eigenvalue weighted by molar-refractivity contribution is -0.157. The summed E-state index contributed by atoms with van der Waals surface area (Å²) in [5.74, 6) is -4.46. The fourth-order valence-corrected chi connectivity index (χ4v) is 2.41. The van der Waals surface area contributed by atoms with Crippen LogP contribution in [0.15, 0.2) is 30.3 Å². The number of ether oxygens (including phenoxy) is 3. The first-order chi connectivity index (χ1) is 13.4. The zero-order valence-electron chi connectivity index (χ0n) is 16.0. The van der Waals surface area contributed by atoms with Gasteiger partial charge < -0.3 is 25.3 Å². The summed E-state index contributed by atoms with van der Waals surface area (Å²) in [6, 6.07) is 7.76. The average Bonchev–Trinajstić information content (AvgIpc) is 2.65. The van der Waals surface area contributed by atoms with E-state index in [2.05, 4.69) is 5.32 Å². The van der Waals surface area contributed by atoms with Crippen molar-refractivity contribution in [2.24, 2.45) is 11.7 Å². The molecule has 9 heteroatoms. The van der Waals surface area contributed by atoms with Crippen molar-refractivity contribution >= 4 is 23.8 Å². The first-order valence-corrected chi connectivity index (χ1v) is 8.91. The number of nitrogens with one attached hydrogen (secondary N) is 1. The van der Waals surface area contributed by atoms with Gasteiger partial charge in [-0.2, -0.15) is 0 Å². The number of primary amides is 1. The highest BCUT2D eigenvalue weighted by atomic mass is 16.5. The van der Waals surface area contributed by atoms with Gasteiger partial charge in [0, 0.05) is 0 Å². The van der Waals surface area contributed by atoms with Crippen LogP contribution < -0.4 is 11.1 Å². The molecule has 154 valence electrons. The third-order valence-corrected chi connectivity index (χ3v) is 3.65. The van der Waals surface area contributed by atoms with Crippen molar-refractivity contribution in [1.82, 2.24) is 5.32 Å². The van der Waals surface area contributed by atoms with Crippen LogP contribution in [0.5, 0.6) is 0 Å². The van der Waals surface area contributed by atoms with Gasteiger partial charge in [0.1, 0.15) is 12.6 Å². The summed E-state index contributed by atoms with van der Waals surface area (Å²) < 4.78 is 15.0. The normalized spacial score (nSPS) is 12.5. The molecule has 0 fully saturated rings. The number of carbonyl (C=O) groups excluding carboxylic acids is 4. The van der Waals surface area contributed by atoms with Gasteiger partial charge in [-0.25, -0.2) is 0 Å². The molecule has 2 atom stereocenters. The van der Waals surface area contributed by atoms with Gasteiger partial charge in [0.2, 0.25) is 11.8 Å². The molecule has 9 nitrogen and oxygen atoms in total. The maximum atomic E-state index is 12.2. The number of rotatable bonds is 12. The molecule has 0 aliphatic carbocycles. The molecule has 0 unspecified atom stereocenters. The maximum absolute atomic E-state index is 12.2. The highest BCUT2D eigenvalue weighted by Gasteiger charge is 2.37. The van der Waals surface area contributed by atoms with Crippen LogP contribution in [0.4, 0.5) is 0 Å². The predicted octanol–water partition coefficient (Wildman–Crippen LogP) is 0.306. The quantitative estimate of drug-likeness (QED) is 0.487. The number of carbonyl (C=O) groups is 4. The van der Waals surface area contributed by atoms with Crippen molar-refractivity contribution in [3.63, 3.8) is 0 Å². The lowest BCUT2D eigenvalue weighted by Gasteiger charge is -2.23.